The lowest BCUT2D eigenvalue weighted by atomic mass is 10.2. The summed E-state index contributed by atoms with van der Waals surface area (Å²) in [6, 6.07) is 8.08. The summed E-state index contributed by atoms with van der Waals surface area (Å²) in [5, 5.41) is 8.91. The van der Waals surface area contributed by atoms with Crippen molar-refractivity contribution in [3.8, 4) is 0 Å². The molecule has 0 saturated carbocycles. The van der Waals surface area contributed by atoms with Gasteiger partial charge in [-0.25, -0.2) is 0 Å². The van der Waals surface area contributed by atoms with Gasteiger partial charge in [-0.1, -0.05) is 23.4 Å². The third-order valence-electron chi connectivity index (χ3n) is 3.98. The van der Waals surface area contributed by atoms with Crippen LogP contribution >= 0.6 is 0 Å². The number of nitrogens with one attached hydrogen (secondary N) is 2. The highest BCUT2D eigenvalue weighted by molar-refractivity contribution is 6.39. The average molecular weight is 344 g/mol. The molecule has 0 atom stereocenters. The lowest BCUT2D eigenvalue weighted by Gasteiger charge is -2.25. The van der Waals surface area contributed by atoms with Crippen molar-refractivity contribution in [3.05, 3.63) is 41.3 Å². The molecule has 2 aromatic rings. The lowest BCUT2D eigenvalue weighted by molar-refractivity contribution is -0.136. The fourth-order valence-corrected chi connectivity index (χ4v) is 2.58. The fraction of sp³-hybridized carbons (Fsp3) is 0.389. The number of amides is 2. The van der Waals surface area contributed by atoms with Gasteiger partial charge in [-0.3, -0.25) is 9.59 Å². The summed E-state index contributed by atoms with van der Waals surface area (Å²) in [4.78, 5) is 26.1. The quantitative estimate of drug-likeness (QED) is 0.784. The van der Waals surface area contributed by atoms with E-state index in [4.69, 9.17) is 4.52 Å². The van der Waals surface area contributed by atoms with Crippen LogP contribution < -0.4 is 15.5 Å². The van der Waals surface area contributed by atoms with Crippen LogP contribution in [0.3, 0.4) is 0 Å². The Morgan fingerprint density at radius 3 is 2.48 bits per heavy atom. The Bertz CT molecular complexity index is 735. The molecule has 0 bridgehead atoms. The molecular formula is C18H24N4O3. The van der Waals surface area contributed by atoms with Gasteiger partial charge in [-0.05, 0) is 39.3 Å². The number of carbonyl (C=O) groups excluding carboxylic acids is 2. The molecule has 0 aliphatic heterocycles. The molecular weight excluding hydrogens is 320 g/mol. The summed E-state index contributed by atoms with van der Waals surface area (Å²) >= 11 is 0. The number of aryl methyl sites for hydroxylation is 3. The van der Waals surface area contributed by atoms with E-state index in [2.05, 4.69) is 27.6 Å². The molecule has 25 heavy (non-hydrogen) atoms. The van der Waals surface area contributed by atoms with E-state index in [1.807, 2.05) is 31.2 Å². The van der Waals surface area contributed by atoms with Crippen LogP contribution in [-0.4, -0.2) is 36.6 Å². The Hall–Kier alpha value is -2.83. The van der Waals surface area contributed by atoms with Crippen molar-refractivity contribution >= 4 is 23.2 Å². The van der Waals surface area contributed by atoms with Crippen LogP contribution in [0.15, 0.2) is 28.8 Å². The van der Waals surface area contributed by atoms with Crippen LogP contribution in [-0.2, 0) is 9.59 Å². The van der Waals surface area contributed by atoms with Crippen LogP contribution in [0.1, 0.15) is 23.9 Å². The van der Waals surface area contributed by atoms with Crippen molar-refractivity contribution in [2.75, 3.05) is 29.9 Å². The molecule has 2 rings (SSSR count). The number of likely N-dealkylation sites (N-methyl/N-ethyl adjacent to an activating group) is 1. The summed E-state index contributed by atoms with van der Waals surface area (Å²) in [7, 11) is 0. The molecule has 0 aliphatic rings. The molecule has 134 valence electrons. The molecule has 1 heterocycles. The smallest absolute Gasteiger partial charge is 0.313 e. The third-order valence-corrected chi connectivity index (χ3v) is 3.98. The van der Waals surface area contributed by atoms with E-state index < -0.39 is 11.8 Å². The van der Waals surface area contributed by atoms with Crippen molar-refractivity contribution in [1.29, 1.82) is 0 Å². The van der Waals surface area contributed by atoms with E-state index in [0.29, 0.717) is 30.2 Å². The molecule has 0 spiro atoms. The molecule has 7 heteroatoms. The number of hydrogen-bond acceptors (Lipinski definition) is 5. The zero-order chi connectivity index (χ0) is 18.4. The number of hydrogen-bond donors (Lipinski definition) is 2. The zero-order valence-electron chi connectivity index (χ0n) is 15.0. The second-order valence-corrected chi connectivity index (χ2v) is 5.78. The first kappa shape index (κ1) is 18.5. The van der Waals surface area contributed by atoms with E-state index in [1.165, 1.54) is 5.56 Å². The normalized spacial score (nSPS) is 10.4. The van der Waals surface area contributed by atoms with Crippen molar-refractivity contribution in [1.82, 2.24) is 10.5 Å². The first-order valence-electron chi connectivity index (χ1n) is 8.26. The minimum Gasteiger partial charge on any atom is -0.370 e. The Morgan fingerprint density at radius 1 is 1.16 bits per heavy atom. The Morgan fingerprint density at radius 2 is 1.88 bits per heavy atom. The number of rotatable bonds is 6. The Labute approximate surface area is 147 Å². The predicted octanol–water partition coefficient (Wildman–Crippen LogP) is 2.18. The van der Waals surface area contributed by atoms with Gasteiger partial charge in [0.1, 0.15) is 11.4 Å². The van der Waals surface area contributed by atoms with E-state index in [-0.39, 0.29) is 0 Å². The van der Waals surface area contributed by atoms with Gasteiger partial charge >= 0.3 is 11.8 Å². The van der Waals surface area contributed by atoms with E-state index in [0.717, 1.165) is 12.2 Å². The maximum atomic E-state index is 12.0. The monoisotopic (exact) mass is 344 g/mol. The highest BCUT2D eigenvalue weighted by Crippen LogP contribution is 2.19. The van der Waals surface area contributed by atoms with Crippen LogP contribution in [0.4, 0.5) is 11.4 Å². The van der Waals surface area contributed by atoms with Crippen molar-refractivity contribution < 1.29 is 14.1 Å². The van der Waals surface area contributed by atoms with Crippen LogP contribution in [0.25, 0.3) is 0 Å². The van der Waals surface area contributed by atoms with Gasteiger partial charge in [0.15, 0.2) is 5.76 Å². The molecule has 0 aliphatic carbocycles. The van der Waals surface area contributed by atoms with Crippen LogP contribution in [0.5, 0.6) is 0 Å². The van der Waals surface area contributed by atoms with E-state index in [1.54, 1.807) is 13.8 Å². The fourth-order valence-electron chi connectivity index (χ4n) is 2.58. The summed E-state index contributed by atoms with van der Waals surface area (Å²) in [5.74, 6) is -0.940. The lowest BCUT2D eigenvalue weighted by Crippen LogP contribution is -2.40. The first-order chi connectivity index (χ1) is 11.9. The van der Waals surface area contributed by atoms with Crippen molar-refractivity contribution in [2.45, 2.75) is 27.7 Å². The number of benzene rings is 1. The topological polar surface area (TPSA) is 87.5 Å². The van der Waals surface area contributed by atoms with E-state index in [9.17, 15) is 9.59 Å². The number of anilines is 2. The summed E-state index contributed by atoms with van der Waals surface area (Å²) < 4.78 is 4.96. The van der Waals surface area contributed by atoms with Gasteiger partial charge in [-0.15, -0.1) is 0 Å². The summed E-state index contributed by atoms with van der Waals surface area (Å²) in [6.07, 6.45) is 0. The molecule has 7 nitrogen and oxygen atoms in total. The maximum Gasteiger partial charge on any atom is 0.313 e. The average Bonchev–Trinajstić information content (AvgIpc) is 2.91. The number of carbonyl (C=O) groups is 2. The minimum atomic E-state index is -0.728. The molecule has 0 unspecified atom stereocenters. The minimum absolute atomic E-state index is 0.371. The van der Waals surface area contributed by atoms with E-state index >= 15 is 0 Å². The molecule has 0 fully saturated rings. The molecule has 2 amide bonds. The van der Waals surface area contributed by atoms with Gasteiger partial charge in [0, 0.05) is 25.3 Å². The second kappa shape index (κ2) is 8.32. The second-order valence-electron chi connectivity index (χ2n) is 5.78. The number of nitrogens with zero attached hydrogens (tertiary/aromatic N) is 2. The van der Waals surface area contributed by atoms with Crippen LogP contribution in [0.2, 0.25) is 0 Å². The van der Waals surface area contributed by atoms with Crippen molar-refractivity contribution in [2.24, 2.45) is 0 Å². The highest BCUT2D eigenvalue weighted by atomic mass is 16.5. The van der Waals surface area contributed by atoms with Gasteiger partial charge in [0.05, 0.1) is 0 Å². The van der Waals surface area contributed by atoms with Gasteiger partial charge in [-0.2, -0.15) is 0 Å². The highest BCUT2D eigenvalue weighted by Gasteiger charge is 2.18. The Kier molecular flexibility index (Phi) is 6.16. The molecule has 0 radical (unpaired) electrons. The van der Waals surface area contributed by atoms with Crippen molar-refractivity contribution in [3.63, 3.8) is 0 Å². The number of aromatic nitrogens is 1. The molecule has 1 aromatic carbocycles. The van der Waals surface area contributed by atoms with Gasteiger partial charge < -0.3 is 20.1 Å². The SMILES string of the molecule is CCN(CCNC(=O)C(=O)Nc1c(C)noc1C)c1ccccc1C. The maximum absolute atomic E-state index is 12.0. The molecule has 1 aromatic heterocycles. The largest absolute Gasteiger partial charge is 0.370 e. The zero-order valence-corrected chi connectivity index (χ0v) is 15.0. The van der Waals surface area contributed by atoms with Gasteiger partial charge in [0.25, 0.3) is 0 Å². The Balaban J connectivity index is 1.87. The van der Waals surface area contributed by atoms with Gasteiger partial charge in [0.2, 0.25) is 0 Å². The predicted molar refractivity (Wildman–Crippen MR) is 96.7 cm³/mol. The summed E-state index contributed by atoms with van der Waals surface area (Å²) in [6.45, 7) is 9.28. The third kappa shape index (κ3) is 4.59. The van der Waals surface area contributed by atoms with Crippen LogP contribution in [0, 0.1) is 20.8 Å². The number of para-hydroxylation sites is 1. The standard InChI is InChI=1S/C18H24N4O3/c1-5-22(15-9-7-6-8-12(15)2)11-10-19-17(23)18(24)20-16-13(3)21-25-14(16)4/h6-9H,5,10-11H2,1-4H3,(H,19,23)(H,20,24). The molecule has 2 N–H and O–H groups in total. The molecule has 0 saturated heterocycles. The summed E-state index contributed by atoms with van der Waals surface area (Å²) in [5.41, 5.74) is 3.27. The first-order valence-corrected chi connectivity index (χ1v) is 8.26.